The van der Waals surface area contributed by atoms with Gasteiger partial charge in [-0.3, -0.25) is 5.43 Å². The second-order valence-corrected chi connectivity index (χ2v) is 5.05. The Labute approximate surface area is 132 Å². The maximum absolute atomic E-state index is 6.02. The zero-order valence-electron chi connectivity index (χ0n) is 10.3. The lowest BCUT2D eigenvalue weighted by molar-refractivity contribution is 1.05. The standard InChI is InChI=1S/C14H11Cl2N3S/c15-12-7-4-8-13(16)11(12)9-17-19-14(20)18-10-5-2-1-3-6-10/h1-9H,(H2,18,19,20)/b17-9-. The average Bonchev–Trinajstić information content (AvgIpc) is 2.43. The van der Waals surface area contributed by atoms with Gasteiger partial charge in [-0.05, 0) is 36.5 Å². The van der Waals surface area contributed by atoms with Crippen LogP contribution in [0.15, 0.2) is 53.6 Å². The van der Waals surface area contributed by atoms with Gasteiger partial charge >= 0.3 is 0 Å². The third kappa shape index (κ3) is 4.20. The van der Waals surface area contributed by atoms with Gasteiger partial charge in [-0.25, -0.2) is 0 Å². The van der Waals surface area contributed by atoms with Crippen molar-refractivity contribution in [2.45, 2.75) is 0 Å². The fourth-order valence-electron chi connectivity index (χ4n) is 1.47. The fraction of sp³-hybridized carbons (Fsp3) is 0. The highest BCUT2D eigenvalue weighted by Crippen LogP contribution is 2.21. The molecule has 2 N–H and O–H groups in total. The first-order chi connectivity index (χ1) is 9.66. The summed E-state index contributed by atoms with van der Waals surface area (Å²) in [6.07, 6.45) is 1.53. The highest BCUT2D eigenvalue weighted by atomic mass is 35.5. The number of nitrogens with zero attached hydrogens (tertiary/aromatic N) is 1. The summed E-state index contributed by atoms with van der Waals surface area (Å²) in [6, 6.07) is 14.8. The van der Waals surface area contributed by atoms with Crippen LogP contribution in [0.25, 0.3) is 0 Å². The third-order valence-electron chi connectivity index (χ3n) is 2.39. The molecule has 3 nitrogen and oxygen atoms in total. The molecule has 0 spiro atoms. The van der Waals surface area contributed by atoms with Gasteiger partial charge < -0.3 is 5.32 Å². The van der Waals surface area contributed by atoms with Crippen LogP contribution in [0.5, 0.6) is 0 Å². The minimum Gasteiger partial charge on any atom is -0.331 e. The quantitative estimate of drug-likeness (QED) is 0.502. The van der Waals surface area contributed by atoms with E-state index in [-0.39, 0.29) is 0 Å². The molecule has 0 aliphatic heterocycles. The Hall–Kier alpha value is -1.62. The van der Waals surface area contributed by atoms with E-state index in [1.165, 1.54) is 6.21 Å². The van der Waals surface area contributed by atoms with Crippen LogP contribution in [-0.4, -0.2) is 11.3 Å². The molecule has 0 unspecified atom stereocenters. The number of benzene rings is 2. The Morgan fingerprint density at radius 1 is 1.00 bits per heavy atom. The fourth-order valence-corrected chi connectivity index (χ4v) is 2.14. The van der Waals surface area contributed by atoms with Gasteiger partial charge in [0.25, 0.3) is 0 Å². The Balaban J connectivity index is 1.95. The molecule has 2 aromatic carbocycles. The SMILES string of the molecule is S=C(N/N=C\c1c(Cl)cccc1Cl)Nc1ccccc1. The van der Waals surface area contributed by atoms with Crippen LogP contribution in [0.1, 0.15) is 5.56 Å². The van der Waals surface area contributed by atoms with E-state index < -0.39 is 0 Å². The van der Waals surface area contributed by atoms with Crippen LogP contribution >= 0.6 is 35.4 Å². The molecule has 0 aliphatic rings. The first-order valence-electron chi connectivity index (χ1n) is 5.76. The number of rotatable bonds is 3. The lowest BCUT2D eigenvalue weighted by atomic mass is 10.2. The van der Waals surface area contributed by atoms with Gasteiger partial charge in [-0.1, -0.05) is 47.5 Å². The van der Waals surface area contributed by atoms with Crippen LogP contribution in [0.3, 0.4) is 0 Å². The number of hydrazone groups is 1. The van der Waals surface area contributed by atoms with Crippen molar-refractivity contribution in [2.75, 3.05) is 5.32 Å². The molecule has 20 heavy (non-hydrogen) atoms. The topological polar surface area (TPSA) is 36.4 Å². The second kappa shape index (κ2) is 7.24. The molecule has 0 aromatic heterocycles. The monoisotopic (exact) mass is 323 g/mol. The molecule has 2 rings (SSSR count). The first kappa shape index (κ1) is 14.8. The molecule has 0 atom stereocenters. The normalized spacial score (nSPS) is 10.5. The Morgan fingerprint density at radius 2 is 1.65 bits per heavy atom. The molecular weight excluding hydrogens is 313 g/mol. The number of para-hydroxylation sites is 1. The minimum atomic E-state index is 0.385. The molecule has 2 aromatic rings. The molecule has 6 heteroatoms. The van der Waals surface area contributed by atoms with Gasteiger partial charge in [-0.15, -0.1) is 0 Å². The van der Waals surface area contributed by atoms with Crippen molar-refractivity contribution in [1.29, 1.82) is 0 Å². The van der Waals surface area contributed by atoms with E-state index in [9.17, 15) is 0 Å². The molecule has 0 bridgehead atoms. The van der Waals surface area contributed by atoms with E-state index in [1.54, 1.807) is 18.2 Å². The molecule has 0 amide bonds. The number of anilines is 1. The van der Waals surface area contributed by atoms with E-state index in [0.29, 0.717) is 20.7 Å². The van der Waals surface area contributed by atoms with E-state index in [4.69, 9.17) is 35.4 Å². The Kier molecular flexibility index (Phi) is 5.35. The van der Waals surface area contributed by atoms with E-state index in [2.05, 4.69) is 15.8 Å². The Morgan fingerprint density at radius 3 is 2.30 bits per heavy atom. The summed E-state index contributed by atoms with van der Waals surface area (Å²) in [5, 5.41) is 8.46. The Bertz CT molecular complexity index is 609. The average molecular weight is 324 g/mol. The summed E-state index contributed by atoms with van der Waals surface area (Å²) in [6.45, 7) is 0. The van der Waals surface area contributed by atoms with E-state index in [0.717, 1.165) is 5.69 Å². The zero-order valence-corrected chi connectivity index (χ0v) is 12.6. The summed E-state index contributed by atoms with van der Waals surface area (Å²) < 4.78 is 0. The molecular formula is C14H11Cl2N3S. The van der Waals surface area contributed by atoms with E-state index in [1.807, 2.05) is 30.3 Å². The first-order valence-corrected chi connectivity index (χ1v) is 6.92. The summed E-state index contributed by atoms with van der Waals surface area (Å²) in [5.41, 5.74) is 4.24. The van der Waals surface area contributed by atoms with Gasteiger partial charge in [0.15, 0.2) is 5.11 Å². The van der Waals surface area contributed by atoms with Crippen LogP contribution in [-0.2, 0) is 0 Å². The number of hydrogen-bond acceptors (Lipinski definition) is 2. The van der Waals surface area contributed by atoms with Crippen molar-refractivity contribution >= 4 is 52.4 Å². The molecule has 0 aliphatic carbocycles. The largest absolute Gasteiger partial charge is 0.331 e. The number of hydrogen-bond donors (Lipinski definition) is 2. The summed E-state index contributed by atoms with van der Waals surface area (Å²) in [5.74, 6) is 0. The van der Waals surface area contributed by atoms with Crippen LogP contribution in [0, 0.1) is 0 Å². The van der Waals surface area contributed by atoms with Gasteiger partial charge in [0.2, 0.25) is 0 Å². The predicted molar refractivity (Wildman–Crippen MR) is 89.9 cm³/mol. The van der Waals surface area contributed by atoms with Crippen LogP contribution in [0.4, 0.5) is 5.69 Å². The third-order valence-corrected chi connectivity index (χ3v) is 3.24. The van der Waals surface area contributed by atoms with Gasteiger partial charge in [0, 0.05) is 11.3 Å². The zero-order chi connectivity index (χ0) is 14.4. The van der Waals surface area contributed by atoms with Crippen molar-refractivity contribution < 1.29 is 0 Å². The van der Waals surface area contributed by atoms with Crippen molar-refractivity contribution in [3.63, 3.8) is 0 Å². The van der Waals surface area contributed by atoms with E-state index >= 15 is 0 Å². The lowest BCUT2D eigenvalue weighted by Crippen LogP contribution is -2.23. The molecule has 0 saturated heterocycles. The lowest BCUT2D eigenvalue weighted by Gasteiger charge is -2.06. The molecule has 0 saturated carbocycles. The molecule has 0 radical (unpaired) electrons. The summed E-state index contributed by atoms with van der Waals surface area (Å²) in [4.78, 5) is 0. The van der Waals surface area contributed by atoms with Crippen LogP contribution in [0.2, 0.25) is 10.0 Å². The molecule has 0 heterocycles. The van der Waals surface area contributed by atoms with Crippen molar-refractivity contribution in [3.05, 3.63) is 64.1 Å². The smallest absolute Gasteiger partial charge is 0.191 e. The highest BCUT2D eigenvalue weighted by Gasteiger charge is 2.02. The highest BCUT2D eigenvalue weighted by molar-refractivity contribution is 7.80. The second-order valence-electron chi connectivity index (χ2n) is 3.83. The van der Waals surface area contributed by atoms with Gasteiger partial charge in [0.1, 0.15) is 0 Å². The van der Waals surface area contributed by atoms with Crippen LogP contribution < -0.4 is 10.7 Å². The predicted octanol–water partition coefficient (Wildman–Crippen LogP) is 4.31. The molecule has 102 valence electrons. The number of halogens is 2. The van der Waals surface area contributed by atoms with Gasteiger partial charge in [0.05, 0.1) is 16.3 Å². The van der Waals surface area contributed by atoms with Crippen molar-refractivity contribution in [2.24, 2.45) is 5.10 Å². The van der Waals surface area contributed by atoms with Gasteiger partial charge in [-0.2, -0.15) is 5.10 Å². The van der Waals surface area contributed by atoms with Crippen molar-refractivity contribution in [3.8, 4) is 0 Å². The number of nitrogens with one attached hydrogen (secondary N) is 2. The molecule has 0 fully saturated rings. The summed E-state index contributed by atoms with van der Waals surface area (Å²) >= 11 is 17.2. The maximum atomic E-state index is 6.02. The summed E-state index contributed by atoms with van der Waals surface area (Å²) in [7, 11) is 0. The minimum absolute atomic E-state index is 0.385. The maximum Gasteiger partial charge on any atom is 0.191 e. The number of thiocarbonyl (C=S) groups is 1. The van der Waals surface area contributed by atoms with Crippen molar-refractivity contribution in [1.82, 2.24) is 5.43 Å².